The van der Waals surface area contributed by atoms with Crippen LogP contribution in [0, 0.1) is 5.82 Å². The lowest BCUT2D eigenvalue weighted by atomic mass is 10.1. The van der Waals surface area contributed by atoms with E-state index in [2.05, 4.69) is 15.6 Å². The Labute approximate surface area is 167 Å². The van der Waals surface area contributed by atoms with Gasteiger partial charge in [0.2, 0.25) is 0 Å². The van der Waals surface area contributed by atoms with Crippen molar-refractivity contribution in [3.05, 3.63) is 82.9 Å². The van der Waals surface area contributed by atoms with E-state index in [1.807, 2.05) is 24.3 Å². The van der Waals surface area contributed by atoms with E-state index in [-0.39, 0.29) is 10.7 Å². The monoisotopic (exact) mass is 399 g/mol. The van der Waals surface area contributed by atoms with Gasteiger partial charge in [-0.15, -0.1) is 0 Å². The first-order valence-corrected chi connectivity index (χ1v) is 9.03. The summed E-state index contributed by atoms with van der Waals surface area (Å²) in [6.07, 6.45) is 2.32. The second-order valence-corrected chi connectivity index (χ2v) is 6.41. The van der Waals surface area contributed by atoms with Gasteiger partial charge in [0.05, 0.1) is 12.1 Å². The average Bonchev–Trinajstić information content (AvgIpc) is 2.71. The highest BCUT2D eigenvalue weighted by Crippen LogP contribution is 2.20. The Kier molecular flexibility index (Phi) is 6.45. The van der Waals surface area contributed by atoms with E-state index >= 15 is 0 Å². The first-order valence-electron chi connectivity index (χ1n) is 8.65. The molecule has 144 valence electrons. The van der Waals surface area contributed by atoms with Gasteiger partial charge in [0.15, 0.2) is 0 Å². The predicted octanol–water partition coefficient (Wildman–Crippen LogP) is 4.79. The maximum atomic E-state index is 13.2. The van der Waals surface area contributed by atoms with Crippen molar-refractivity contribution in [3.8, 4) is 5.75 Å². The van der Waals surface area contributed by atoms with E-state index in [0.717, 1.165) is 23.4 Å². The molecule has 0 unspecified atom stereocenters. The van der Waals surface area contributed by atoms with Crippen molar-refractivity contribution in [1.82, 2.24) is 4.98 Å². The molecule has 0 aliphatic carbocycles. The molecule has 1 aromatic heterocycles. The van der Waals surface area contributed by atoms with Gasteiger partial charge in [-0.25, -0.2) is 4.39 Å². The number of methoxy groups -OCH3 is 1. The lowest BCUT2D eigenvalue weighted by Gasteiger charge is -2.11. The Bertz CT molecular complexity index is 981. The van der Waals surface area contributed by atoms with Crippen LogP contribution < -0.4 is 15.4 Å². The number of anilines is 2. The van der Waals surface area contributed by atoms with Crippen LogP contribution in [0.15, 0.2) is 60.8 Å². The van der Waals surface area contributed by atoms with Crippen molar-refractivity contribution in [3.63, 3.8) is 0 Å². The molecular weight excluding hydrogens is 381 g/mol. The molecule has 5 nitrogen and oxygen atoms in total. The highest BCUT2D eigenvalue weighted by Gasteiger charge is 2.10. The van der Waals surface area contributed by atoms with Crippen LogP contribution in [0.4, 0.5) is 15.8 Å². The van der Waals surface area contributed by atoms with Crippen molar-refractivity contribution in [1.29, 1.82) is 0 Å². The lowest BCUT2D eigenvalue weighted by molar-refractivity contribution is 0.102. The summed E-state index contributed by atoms with van der Waals surface area (Å²) in [4.78, 5) is 16.5. The fourth-order valence-corrected chi connectivity index (χ4v) is 2.87. The van der Waals surface area contributed by atoms with Crippen LogP contribution in [0.2, 0.25) is 5.02 Å². The molecule has 0 saturated carbocycles. The first-order chi connectivity index (χ1) is 13.6. The van der Waals surface area contributed by atoms with E-state index in [9.17, 15) is 9.18 Å². The second kappa shape index (κ2) is 9.19. The second-order valence-electron chi connectivity index (χ2n) is 6.00. The molecule has 2 N–H and O–H groups in total. The van der Waals surface area contributed by atoms with Crippen LogP contribution in [-0.4, -0.2) is 24.5 Å². The van der Waals surface area contributed by atoms with Crippen LogP contribution >= 0.6 is 11.6 Å². The molecule has 2 aromatic carbocycles. The number of nitrogens with one attached hydrogen (secondary N) is 2. The molecule has 0 radical (unpaired) electrons. The van der Waals surface area contributed by atoms with Crippen molar-refractivity contribution >= 4 is 28.9 Å². The Morgan fingerprint density at radius 3 is 2.75 bits per heavy atom. The third-order valence-electron chi connectivity index (χ3n) is 4.09. The molecule has 0 aliphatic rings. The maximum Gasteiger partial charge on any atom is 0.274 e. The Hall–Kier alpha value is -3.12. The molecule has 0 fully saturated rings. The molecular formula is C21H19ClFN3O2. The molecule has 3 rings (SSSR count). The van der Waals surface area contributed by atoms with Gasteiger partial charge >= 0.3 is 0 Å². The summed E-state index contributed by atoms with van der Waals surface area (Å²) < 4.78 is 18.6. The van der Waals surface area contributed by atoms with Crippen LogP contribution in [0.5, 0.6) is 5.75 Å². The zero-order chi connectivity index (χ0) is 19.9. The summed E-state index contributed by atoms with van der Waals surface area (Å²) in [6.45, 7) is 0.666. The highest BCUT2D eigenvalue weighted by atomic mass is 35.5. The molecule has 28 heavy (non-hydrogen) atoms. The van der Waals surface area contributed by atoms with Gasteiger partial charge in [-0.05, 0) is 48.4 Å². The molecule has 7 heteroatoms. The van der Waals surface area contributed by atoms with Crippen molar-refractivity contribution in [2.75, 3.05) is 24.3 Å². The molecule has 1 heterocycles. The fraction of sp³-hybridized carbons (Fsp3) is 0.143. The molecule has 1 amide bonds. The first kappa shape index (κ1) is 19.6. The number of nitrogens with zero attached hydrogens (tertiary/aromatic N) is 1. The largest absolute Gasteiger partial charge is 0.496 e. The molecule has 0 spiro atoms. The number of rotatable bonds is 7. The number of carbonyl (C=O) groups excluding carboxylic acids is 1. The minimum Gasteiger partial charge on any atom is -0.496 e. The normalized spacial score (nSPS) is 10.4. The van der Waals surface area contributed by atoms with Gasteiger partial charge in [0.25, 0.3) is 5.91 Å². The van der Waals surface area contributed by atoms with E-state index in [0.29, 0.717) is 12.2 Å². The Balaban J connectivity index is 1.61. The highest BCUT2D eigenvalue weighted by molar-refractivity contribution is 6.31. The molecule has 3 aromatic rings. The van der Waals surface area contributed by atoms with Crippen molar-refractivity contribution < 1.29 is 13.9 Å². The number of amides is 1. The summed E-state index contributed by atoms with van der Waals surface area (Å²) in [7, 11) is 1.65. The number of aromatic nitrogens is 1. The molecule has 0 aliphatic heterocycles. The zero-order valence-corrected chi connectivity index (χ0v) is 16.0. The number of para-hydroxylation sites is 1. The number of hydrogen-bond acceptors (Lipinski definition) is 4. The van der Waals surface area contributed by atoms with Crippen LogP contribution in [-0.2, 0) is 6.42 Å². The number of halogens is 2. The topological polar surface area (TPSA) is 63.2 Å². The number of carbonyl (C=O) groups is 1. The molecule has 0 saturated heterocycles. The third kappa shape index (κ3) is 4.98. The summed E-state index contributed by atoms with van der Waals surface area (Å²) in [6, 6.07) is 15.3. The lowest BCUT2D eigenvalue weighted by Crippen LogP contribution is -2.14. The number of ether oxygens (including phenoxy) is 1. The van der Waals surface area contributed by atoms with E-state index < -0.39 is 11.7 Å². The van der Waals surface area contributed by atoms with Gasteiger partial charge < -0.3 is 15.4 Å². The smallest absolute Gasteiger partial charge is 0.274 e. The zero-order valence-electron chi connectivity index (χ0n) is 15.2. The standard InChI is InChI=1S/C21H19ClFN3O2/c1-28-20-5-3-2-4-14(20)8-10-24-15-9-11-25-19(13-15)21(27)26-16-6-7-18(23)17(22)12-16/h2-7,9,11-13H,8,10H2,1H3,(H,24,25)(H,26,27). The predicted molar refractivity (Wildman–Crippen MR) is 109 cm³/mol. The van der Waals surface area contributed by atoms with Gasteiger partial charge in [0, 0.05) is 24.1 Å². The SMILES string of the molecule is COc1ccccc1CCNc1ccnc(C(=O)Nc2ccc(F)c(Cl)c2)c1. The van der Waals surface area contributed by atoms with E-state index in [4.69, 9.17) is 16.3 Å². The number of pyridine rings is 1. The van der Waals surface area contributed by atoms with Gasteiger partial charge in [-0.2, -0.15) is 0 Å². The van der Waals surface area contributed by atoms with Gasteiger partial charge in [0.1, 0.15) is 17.3 Å². The Morgan fingerprint density at radius 1 is 1.14 bits per heavy atom. The quantitative estimate of drug-likeness (QED) is 0.599. The minimum absolute atomic E-state index is 0.0579. The van der Waals surface area contributed by atoms with Gasteiger partial charge in [-0.1, -0.05) is 29.8 Å². The summed E-state index contributed by atoms with van der Waals surface area (Å²) in [5.41, 5.74) is 2.50. The third-order valence-corrected chi connectivity index (χ3v) is 4.38. The summed E-state index contributed by atoms with van der Waals surface area (Å²) in [5.74, 6) is -0.104. The Morgan fingerprint density at radius 2 is 1.96 bits per heavy atom. The molecule has 0 atom stereocenters. The van der Waals surface area contributed by atoms with E-state index in [1.165, 1.54) is 18.2 Å². The summed E-state index contributed by atoms with van der Waals surface area (Å²) >= 11 is 5.74. The average molecular weight is 400 g/mol. The van der Waals surface area contributed by atoms with Crippen LogP contribution in [0.3, 0.4) is 0 Å². The minimum atomic E-state index is -0.543. The maximum absolute atomic E-state index is 13.2. The molecule has 0 bridgehead atoms. The van der Waals surface area contributed by atoms with Crippen LogP contribution in [0.25, 0.3) is 0 Å². The number of benzene rings is 2. The van der Waals surface area contributed by atoms with Crippen LogP contribution in [0.1, 0.15) is 16.1 Å². The van der Waals surface area contributed by atoms with Crippen molar-refractivity contribution in [2.24, 2.45) is 0 Å². The fourth-order valence-electron chi connectivity index (χ4n) is 2.68. The van der Waals surface area contributed by atoms with E-state index in [1.54, 1.807) is 25.4 Å². The van der Waals surface area contributed by atoms with Crippen molar-refractivity contribution in [2.45, 2.75) is 6.42 Å². The van der Waals surface area contributed by atoms with Gasteiger partial charge in [-0.3, -0.25) is 9.78 Å². The summed E-state index contributed by atoms with van der Waals surface area (Å²) in [5, 5.41) is 5.87. The number of hydrogen-bond donors (Lipinski definition) is 2.